The van der Waals surface area contributed by atoms with Crippen LogP contribution in [0.2, 0.25) is 0 Å². The van der Waals surface area contributed by atoms with Crippen molar-refractivity contribution in [2.75, 3.05) is 13.2 Å². The highest BCUT2D eigenvalue weighted by Crippen LogP contribution is 2.28. The number of rotatable bonds is 14. The molecule has 0 bridgehead atoms. The lowest BCUT2D eigenvalue weighted by molar-refractivity contribution is -0.138. The zero-order valence-electron chi connectivity index (χ0n) is 23.8. The van der Waals surface area contributed by atoms with Gasteiger partial charge in [0, 0.05) is 42.7 Å². The van der Waals surface area contributed by atoms with Crippen molar-refractivity contribution in [3.05, 3.63) is 59.7 Å². The van der Waals surface area contributed by atoms with Crippen LogP contribution in [0.5, 0.6) is 0 Å². The number of nitrogens with one attached hydrogen (secondary N) is 1. The van der Waals surface area contributed by atoms with E-state index < -0.39 is 11.9 Å². The van der Waals surface area contributed by atoms with E-state index in [0.29, 0.717) is 31.3 Å². The van der Waals surface area contributed by atoms with Crippen LogP contribution in [0.4, 0.5) is 0 Å². The van der Waals surface area contributed by atoms with Gasteiger partial charge < -0.3 is 10.1 Å². The molecule has 1 aliphatic rings. The van der Waals surface area contributed by atoms with Crippen LogP contribution in [0.15, 0.2) is 54.1 Å². The average Bonchev–Trinajstić information content (AvgIpc) is 3.31. The van der Waals surface area contributed by atoms with Crippen molar-refractivity contribution in [3.8, 4) is 0 Å². The molecule has 3 rings (SSSR count). The van der Waals surface area contributed by atoms with E-state index in [2.05, 4.69) is 29.6 Å². The van der Waals surface area contributed by atoms with Crippen LogP contribution in [0, 0.1) is 23.7 Å². The summed E-state index contributed by atoms with van der Waals surface area (Å²) >= 11 is 0. The third kappa shape index (κ3) is 8.87. The molecular weight excluding hydrogens is 490 g/mol. The molecule has 2 aromatic rings. The highest BCUT2D eigenvalue weighted by Gasteiger charge is 2.28. The third-order valence-corrected chi connectivity index (χ3v) is 7.59. The first-order chi connectivity index (χ1) is 18.7. The van der Waals surface area contributed by atoms with Crippen LogP contribution in [-0.4, -0.2) is 36.6 Å². The molecule has 6 heteroatoms. The van der Waals surface area contributed by atoms with E-state index in [1.165, 1.54) is 0 Å². The summed E-state index contributed by atoms with van der Waals surface area (Å²) in [5, 5.41) is 5.21. The Balaban J connectivity index is 1.63. The van der Waals surface area contributed by atoms with Crippen LogP contribution in [0.25, 0.3) is 10.8 Å². The largest absolute Gasteiger partial charge is 0.463 e. The van der Waals surface area contributed by atoms with E-state index in [9.17, 15) is 19.2 Å². The second-order valence-corrected chi connectivity index (χ2v) is 11.2. The van der Waals surface area contributed by atoms with Crippen molar-refractivity contribution in [2.24, 2.45) is 23.7 Å². The summed E-state index contributed by atoms with van der Waals surface area (Å²) in [4.78, 5) is 51.0. The Morgan fingerprint density at radius 2 is 1.82 bits per heavy atom. The van der Waals surface area contributed by atoms with E-state index in [1.54, 1.807) is 13.0 Å². The monoisotopic (exact) mass is 533 g/mol. The van der Waals surface area contributed by atoms with Gasteiger partial charge >= 0.3 is 5.97 Å². The summed E-state index contributed by atoms with van der Waals surface area (Å²) in [6.07, 6.45) is 5.59. The quantitative estimate of drug-likeness (QED) is 0.237. The molecule has 1 aliphatic carbocycles. The number of ketones is 2. The molecular formula is C33H43NO5. The van der Waals surface area contributed by atoms with Gasteiger partial charge in [-0.3, -0.25) is 14.4 Å². The van der Waals surface area contributed by atoms with Crippen molar-refractivity contribution in [1.82, 2.24) is 5.32 Å². The van der Waals surface area contributed by atoms with Crippen molar-refractivity contribution in [1.29, 1.82) is 0 Å². The maximum atomic E-state index is 13.3. The van der Waals surface area contributed by atoms with E-state index in [0.717, 1.165) is 29.2 Å². The minimum Gasteiger partial charge on any atom is -0.463 e. The highest BCUT2D eigenvalue weighted by atomic mass is 16.5. The number of esters is 1. The molecule has 0 saturated heterocycles. The number of amides is 1. The minimum absolute atomic E-state index is 0.0752. The van der Waals surface area contributed by atoms with E-state index in [1.807, 2.05) is 39.0 Å². The van der Waals surface area contributed by atoms with E-state index in [-0.39, 0.29) is 54.8 Å². The molecule has 0 heterocycles. The Hall–Kier alpha value is -3.28. The fraction of sp³-hybridized carbons (Fsp3) is 0.515. The van der Waals surface area contributed by atoms with Gasteiger partial charge in [-0.05, 0) is 61.3 Å². The first kappa shape index (κ1) is 30.3. The fourth-order valence-corrected chi connectivity index (χ4v) is 5.47. The van der Waals surface area contributed by atoms with Gasteiger partial charge in [-0.25, -0.2) is 4.79 Å². The number of carbonyl (C=O) groups excluding carboxylic acids is 4. The van der Waals surface area contributed by atoms with Crippen LogP contribution >= 0.6 is 0 Å². The smallest absolute Gasteiger partial charge is 0.333 e. The number of benzene rings is 2. The standard InChI is InChI=1S/C33H43NO5/c1-5-39-33(38)27(20-26-13-9-15-30(26)35)16-17-34-32(37)28(18-22(2)3)21-31(36)23(4)19-25-12-8-11-24-10-6-7-14-29(24)25/h6-8,10-12,14,16,22-23,26,28H,5,9,13,15,17-21H2,1-4H3,(H,34,37)/b27-16+/t23-,26-,28+/m0/s1. The van der Waals surface area contributed by atoms with Gasteiger partial charge in [0.05, 0.1) is 6.61 Å². The number of ether oxygens (including phenoxy) is 1. The fourth-order valence-electron chi connectivity index (χ4n) is 5.47. The van der Waals surface area contributed by atoms with Gasteiger partial charge in [-0.2, -0.15) is 0 Å². The van der Waals surface area contributed by atoms with Crippen molar-refractivity contribution in [2.45, 2.75) is 72.6 Å². The van der Waals surface area contributed by atoms with Crippen LogP contribution < -0.4 is 5.32 Å². The molecule has 1 saturated carbocycles. The lowest BCUT2D eigenvalue weighted by Crippen LogP contribution is -2.34. The third-order valence-electron chi connectivity index (χ3n) is 7.59. The van der Waals surface area contributed by atoms with Gasteiger partial charge in [0.1, 0.15) is 11.6 Å². The van der Waals surface area contributed by atoms with Crippen LogP contribution in [-0.2, 0) is 30.3 Å². The predicted molar refractivity (Wildman–Crippen MR) is 154 cm³/mol. The topological polar surface area (TPSA) is 89.5 Å². The molecule has 1 fully saturated rings. The van der Waals surface area contributed by atoms with Gasteiger partial charge in [-0.15, -0.1) is 0 Å². The van der Waals surface area contributed by atoms with Gasteiger partial charge in [0.2, 0.25) is 5.91 Å². The maximum absolute atomic E-state index is 13.3. The maximum Gasteiger partial charge on any atom is 0.333 e. The molecule has 2 aromatic carbocycles. The zero-order valence-corrected chi connectivity index (χ0v) is 23.8. The summed E-state index contributed by atoms with van der Waals surface area (Å²) in [5.74, 6) is -0.935. The number of Topliss-reactive ketones (excluding diaryl/α,β-unsaturated/α-hetero) is 2. The molecule has 3 atom stereocenters. The number of hydrogen-bond acceptors (Lipinski definition) is 5. The molecule has 0 radical (unpaired) electrons. The first-order valence-corrected chi connectivity index (χ1v) is 14.4. The van der Waals surface area contributed by atoms with Gasteiger partial charge in [0.15, 0.2) is 0 Å². The Labute approximate surface area is 232 Å². The van der Waals surface area contributed by atoms with E-state index >= 15 is 0 Å². The SMILES string of the molecule is CCOC(=O)/C(=C/CNC(=O)[C@@H](CC(=O)[C@@H](C)Cc1cccc2ccccc12)CC(C)C)C[C@@H]1CCCC1=O. The molecule has 1 amide bonds. The summed E-state index contributed by atoms with van der Waals surface area (Å²) in [5.41, 5.74) is 1.56. The second kappa shape index (κ2) is 14.8. The Kier molecular flexibility index (Phi) is 11.5. The van der Waals surface area contributed by atoms with Crippen LogP contribution in [0.3, 0.4) is 0 Å². The molecule has 39 heavy (non-hydrogen) atoms. The van der Waals surface area contributed by atoms with Crippen molar-refractivity contribution in [3.63, 3.8) is 0 Å². The number of hydrogen-bond donors (Lipinski definition) is 1. The normalized spacial score (nSPS) is 17.3. The van der Waals surface area contributed by atoms with Crippen molar-refractivity contribution >= 4 is 34.2 Å². The number of carbonyl (C=O) groups is 4. The predicted octanol–water partition coefficient (Wildman–Crippen LogP) is 6.00. The molecule has 0 unspecified atom stereocenters. The Morgan fingerprint density at radius 3 is 2.51 bits per heavy atom. The molecule has 0 aromatic heterocycles. The summed E-state index contributed by atoms with van der Waals surface area (Å²) < 4.78 is 5.19. The molecule has 0 spiro atoms. The van der Waals surface area contributed by atoms with Crippen molar-refractivity contribution < 1.29 is 23.9 Å². The number of fused-ring (bicyclic) bond motifs is 1. The Morgan fingerprint density at radius 1 is 1.08 bits per heavy atom. The lowest BCUT2D eigenvalue weighted by Gasteiger charge is -2.20. The first-order valence-electron chi connectivity index (χ1n) is 14.4. The molecule has 210 valence electrons. The molecule has 6 nitrogen and oxygen atoms in total. The zero-order chi connectivity index (χ0) is 28.4. The minimum atomic E-state index is -0.442. The van der Waals surface area contributed by atoms with Gasteiger partial charge in [-0.1, -0.05) is 69.3 Å². The molecule has 0 aliphatic heterocycles. The van der Waals surface area contributed by atoms with Crippen LogP contribution in [0.1, 0.15) is 71.8 Å². The second-order valence-electron chi connectivity index (χ2n) is 11.2. The summed E-state index contributed by atoms with van der Waals surface area (Å²) in [6, 6.07) is 14.3. The summed E-state index contributed by atoms with van der Waals surface area (Å²) in [7, 11) is 0. The van der Waals surface area contributed by atoms with Gasteiger partial charge in [0.25, 0.3) is 0 Å². The summed E-state index contributed by atoms with van der Waals surface area (Å²) in [6.45, 7) is 8.17. The highest BCUT2D eigenvalue weighted by molar-refractivity contribution is 5.92. The van der Waals surface area contributed by atoms with E-state index in [4.69, 9.17) is 4.74 Å². The molecule has 1 N–H and O–H groups in total. The average molecular weight is 534 g/mol. The Bertz CT molecular complexity index is 1190. The lowest BCUT2D eigenvalue weighted by atomic mass is 9.86.